The Hall–Kier alpha value is -2.36. The number of carbonyl (C=O) groups is 3. The molecule has 0 saturated carbocycles. The predicted octanol–water partition coefficient (Wildman–Crippen LogP) is 2.58. The predicted molar refractivity (Wildman–Crippen MR) is 109 cm³/mol. The molecule has 2 aromatic rings. The van der Waals surface area contributed by atoms with Crippen molar-refractivity contribution in [2.45, 2.75) is 11.4 Å². The fourth-order valence-electron chi connectivity index (χ4n) is 2.65. The van der Waals surface area contributed by atoms with E-state index in [4.69, 9.17) is 19.8 Å². The third kappa shape index (κ3) is 6.66. The van der Waals surface area contributed by atoms with Crippen LogP contribution in [0, 0.1) is 0 Å². The van der Waals surface area contributed by atoms with E-state index in [0.717, 1.165) is 37.6 Å². The monoisotopic (exact) mass is 422 g/mol. The summed E-state index contributed by atoms with van der Waals surface area (Å²) in [4.78, 5) is 37.1. The number of thiophene rings is 1. The fraction of sp³-hybridized carbons (Fsp3) is 0.316. The van der Waals surface area contributed by atoms with Crippen molar-refractivity contribution in [3.63, 3.8) is 0 Å². The summed E-state index contributed by atoms with van der Waals surface area (Å²) in [6.45, 7) is 4.50. The van der Waals surface area contributed by atoms with Crippen molar-refractivity contribution in [3.8, 4) is 0 Å². The lowest BCUT2D eigenvalue weighted by Gasteiger charge is -2.34. The first-order valence-electron chi connectivity index (χ1n) is 8.55. The van der Waals surface area contributed by atoms with Gasteiger partial charge in [0.15, 0.2) is 0 Å². The Balaban J connectivity index is 0.000000409. The average molecular weight is 423 g/mol. The van der Waals surface area contributed by atoms with Gasteiger partial charge >= 0.3 is 11.9 Å². The molecule has 1 amide bonds. The van der Waals surface area contributed by atoms with Crippen LogP contribution in [-0.2, 0) is 16.1 Å². The van der Waals surface area contributed by atoms with Gasteiger partial charge in [0, 0.05) is 37.6 Å². The number of carbonyl (C=O) groups excluding carboxylic acids is 1. The molecule has 0 aliphatic carbocycles. The largest absolute Gasteiger partial charge is 0.473 e. The van der Waals surface area contributed by atoms with Crippen molar-refractivity contribution in [2.75, 3.05) is 32.4 Å². The first kappa shape index (κ1) is 21.9. The summed E-state index contributed by atoms with van der Waals surface area (Å²) >= 11 is 3.29. The maximum absolute atomic E-state index is 12.3. The van der Waals surface area contributed by atoms with Gasteiger partial charge in [0.05, 0.1) is 4.88 Å². The summed E-state index contributed by atoms with van der Waals surface area (Å²) in [7, 11) is 0. The fourth-order valence-corrected chi connectivity index (χ4v) is 3.75. The van der Waals surface area contributed by atoms with E-state index in [1.54, 1.807) is 11.8 Å². The highest BCUT2D eigenvalue weighted by atomic mass is 32.2. The van der Waals surface area contributed by atoms with E-state index in [0.29, 0.717) is 0 Å². The van der Waals surface area contributed by atoms with E-state index < -0.39 is 11.9 Å². The van der Waals surface area contributed by atoms with Crippen LogP contribution in [0.4, 0.5) is 0 Å². The topological polar surface area (TPSA) is 98.2 Å². The molecule has 1 aliphatic heterocycles. The number of benzene rings is 1. The normalized spacial score (nSPS) is 14.1. The molecule has 0 atom stereocenters. The highest BCUT2D eigenvalue weighted by Gasteiger charge is 2.22. The number of thioether (sulfide) groups is 1. The van der Waals surface area contributed by atoms with E-state index in [1.165, 1.54) is 21.8 Å². The van der Waals surface area contributed by atoms with Crippen LogP contribution in [0.2, 0.25) is 0 Å². The van der Waals surface area contributed by atoms with Gasteiger partial charge < -0.3 is 15.1 Å². The molecule has 7 nitrogen and oxygen atoms in total. The minimum Gasteiger partial charge on any atom is -0.473 e. The number of aliphatic carboxylic acids is 2. The Morgan fingerprint density at radius 3 is 2.07 bits per heavy atom. The quantitative estimate of drug-likeness (QED) is 0.577. The Kier molecular flexibility index (Phi) is 8.49. The lowest BCUT2D eigenvalue weighted by atomic mass is 10.2. The molecule has 0 radical (unpaired) electrons. The molecule has 1 fully saturated rings. The van der Waals surface area contributed by atoms with Crippen LogP contribution in [0.3, 0.4) is 0 Å². The lowest BCUT2D eigenvalue weighted by Crippen LogP contribution is -2.48. The summed E-state index contributed by atoms with van der Waals surface area (Å²) in [5.74, 6) is -3.47. The van der Waals surface area contributed by atoms with Crippen LogP contribution in [0.5, 0.6) is 0 Å². The standard InChI is InChI=1S/C17H20N2OS2.C2H2O4/c1-21-15-6-4-14(5-7-15)13-18-8-10-19(11-9-18)17(20)16-3-2-12-22-16;3-1(4)2(5)6/h2-7,12H,8-11,13H2,1H3;(H,3,4)(H,5,6). The van der Waals surface area contributed by atoms with Crippen LogP contribution in [0.1, 0.15) is 15.2 Å². The molecule has 1 aromatic heterocycles. The van der Waals surface area contributed by atoms with Crippen molar-refractivity contribution < 1.29 is 24.6 Å². The molecule has 150 valence electrons. The van der Waals surface area contributed by atoms with E-state index in [2.05, 4.69) is 35.4 Å². The molecule has 2 N–H and O–H groups in total. The zero-order valence-electron chi connectivity index (χ0n) is 15.4. The van der Waals surface area contributed by atoms with Crippen LogP contribution in [0.25, 0.3) is 0 Å². The maximum atomic E-state index is 12.3. The molecule has 0 bridgehead atoms. The molecule has 0 spiro atoms. The second-order valence-electron chi connectivity index (χ2n) is 6.00. The van der Waals surface area contributed by atoms with Gasteiger partial charge in [0.1, 0.15) is 0 Å². The van der Waals surface area contributed by atoms with E-state index in [1.807, 2.05) is 22.4 Å². The number of rotatable bonds is 4. The molecule has 9 heteroatoms. The number of carboxylic acid groups (broad SMARTS) is 2. The number of piperazine rings is 1. The van der Waals surface area contributed by atoms with Crippen LogP contribution < -0.4 is 0 Å². The number of nitrogens with zero attached hydrogens (tertiary/aromatic N) is 2. The maximum Gasteiger partial charge on any atom is 0.414 e. The molecule has 2 heterocycles. The Bertz CT molecular complexity index is 773. The van der Waals surface area contributed by atoms with Gasteiger partial charge in [-0.2, -0.15) is 0 Å². The van der Waals surface area contributed by atoms with Crippen LogP contribution in [0.15, 0.2) is 46.7 Å². The first-order chi connectivity index (χ1) is 13.4. The lowest BCUT2D eigenvalue weighted by molar-refractivity contribution is -0.159. The van der Waals surface area contributed by atoms with Gasteiger partial charge in [-0.1, -0.05) is 18.2 Å². The molecule has 1 aromatic carbocycles. The minimum absolute atomic E-state index is 0.180. The summed E-state index contributed by atoms with van der Waals surface area (Å²) < 4.78 is 0. The van der Waals surface area contributed by atoms with Gasteiger partial charge in [0.25, 0.3) is 5.91 Å². The minimum atomic E-state index is -1.82. The molecule has 28 heavy (non-hydrogen) atoms. The molecular formula is C19H22N2O5S2. The Morgan fingerprint density at radius 2 is 1.61 bits per heavy atom. The van der Waals surface area contributed by atoms with Crippen molar-refractivity contribution in [1.82, 2.24) is 9.80 Å². The third-order valence-electron chi connectivity index (χ3n) is 4.14. The third-order valence-corrected chi connectivity index (χ3v) is 5.74. The Morgan fingerprint density at radius 1 is 1.00 bits per heavy atom. The molecule has 1 saturated heterocycles. The highest BCUT2D eigenvalue weighted by molar-refractivity contribution is 7.98. The van der Waals surface area contributed by atoms with Crippen molar-refractivity contribution in [1.29, 1.82) is 0 Å². The van der Waals surface area contributed by atoms with E-state index >= 15 is 0 Å². The van der Waals surface area contributed by atoms with Crippen molar-refractivity contribution in [2.24, 2.45) is 0 Å². The number of hydrogen-bond donors (Lipinski definition) is 2. The Labute approximate surface area is 171 Å². The average Bonchev–Trinajstić information content (AvgIpc) is 3.24. The number of amides is 1. The van der Waals surface area contributed by atoms with Gasteiger partial charge in [0.2, 0.25) is 0 Å². The van der Waals surface area contributed by atoms with E-state index in [9.17, 15) is 4.79 Å². The van der Waals surface area contributed by atoms with E-state index in [-0.39, 0.29) is 5.91 Å². The number of carboxylic acids is 2. The van der Waals surface area contributed by atoms with Gasteiger partial charge in [-0.25, -0.2) is 9.59 Å². The summed E-state index contributed by atoms with van der Waals surface area (Å²) in [5, 5.41) is 16.7. The molecular weight excluding hydrogens is 400 g/mol. The summed E-state index contributed by atoms with van der Waals surface area (Å²) in [6.07, 6.45) is 2.10. The van der Waals surface area contributed by atoms with Crippen molar-refractivity contribution in [3.05, 3.63) is 52.2 Å². The zero-order chi connectivity index (χ0) is 20.5. The van der Waals surface area contributed by atoms with Crippen LogP contribution in [-0.4, -0.2) is 70.3 Å². The summed E-state index contributed by atoms with van der Waals surface area (Å²) in [6, 6.07) is 12.6. The second-order valence-corrected chi connectivity index (χ2v) is 7.83. The van der Waals surface area contributed by atoms with Gasteiger partial charge in [-0.15, -0.1) is 23.1 Å². The van der Waals surface area contributed by atoms with Gasteiger partial charge in [-0.3, -0.25) is 9.69 Å². The first-order valence-corrected chi connectivity index (χ1v) is 10.7. The van der Waals surface area contributed by atoms with Gasteiger partial charge in [-0.05, 0) is 35.4 Å². The second kappa shape index (κ2) is 10.8. The molecule has 0 unspecified atom stereocenters. The zero-order valence-corrected chi connectivity index (χ0v) is 17.0. The van der Waals surface area contributed by atoms with Crippen molar-refractivity contribution >= 4 is 40.9 Å². The molecule has 1 aliphatic rings. The summed E-state index contributed by atoms with van der Waals surface area (Å²) in [5.41, 5.74) is 1.34. The smallest absolute Gasteiger partial charge is 0.414 e. The number of hydrogen-bond acceptors (Lipinski definition) is 6. The van der Waals surface area contributed by atoms with Crippen LogP contribution >= 0.6 is 23.1 Å². The SMILES string of the molecule is CSc1ccc(CN2CCN(C(=O)c3cccs3)CC2)cc1.O=C(O)C(=O)O. The highest BCUT2D eigenvalue weighted by Crippen LogP contribution is 2.17. The molecule has 3 rings (SSSR count).